The second-order valence-electron chi connectivity index (χ2n) is 6.11. The van der Waals surface area contributed by atoms with Gasteiger partial charge in [0.1, 0.15) is 5.54 Å². The molecule has 7 heteroatoms. The number of hydrogen-bond acceptors (Lipinski definition) is 4. The molecule has 0 aromatic heterocycles. The fourth-order valence-corrected chi connectivity index (χ4v) is 2.94. The van der Waals surface area contributed by atoms with Crippen LogP contribution in [0.3, 0.4) is 0 Å². The van der Waals surface area contributed by atoms with Gasteiger partial charge in [0.2, 0.25) is 0 Å². The van der Waals surface area contributed by atoms with Gasteiger partial charge in [-0.1, -0.05) is 0 Å². The van der Waals surface area contributed by atoms with Crippen molar-refractivity contribution < 1.29 is 24.2 Å². The van der Waals surface area contributed by atoms with Crippen LogP contribution in [0.25, 0.3) is 0 Å². The van der Waals surface area contributed by atoms with Crippen molar-refractivity contribution in [3.05, 3.63) is 0 Å². The topological polar surface area (TPSA) is 88.1 Å². The number of carboxylic acid groups (broad SMARTS) is 1. The highest BCUT2D eigenvalue weighted by molar-refractivity contribution is 5.86. The molecule has 2 saturated heterocycles. The lowest BCUT2D eigenvalue weighted by Gasteiger charge is -2.41. The largest absolute Gasteiger partial charge is 0.480 e. The average Bonchev–Trinajstić information content (AvgIpc) is 2.48. The molecule has 2 aliphatic heterocycles. The monoisotopic (exact) mass is 300 g/mol. The van der Waals surface area contributed by atoms with Gasteiger partial charge in [0.25, 0.3) is 0 Å². The summed E-state index contributed by atoms with van der Waals surface area (Å²) in [6.07, 6.45) is 2.33. The average molecular weight is 300 g/mol. The van der Waals surface area contributed by atoms with E-state index in [0.717, 1.165) is 12.8 Å². The summed E-state index contributed by atoms with van der Waals surface area (Å²) < 4.78 is 10.7. The van der Waals surface area contributed by atoms with Crippen LogP contribution in [0, 0.1) is 0 Å². The summed E-state index contributed by atoms with van der Waals surface area (Å²) in [4.78, 5) is 25.6. The van der Waals surface area contributed by atoms with Gasteiger partial charge >= 0.3 is 12.0 Å². The van der Waals surface area contributed by atoms with Gasteiger partial charge in [-0.15, -0.1) is 0 Å². The van der Waals surface area contributed by atoms with Gasteiger partial charge in [-0.25, -0.2) is 9.59 Å². The van der Waals surface area contributed by atoms with Crippen molar-refractivity contribution in [3.8, 4) is 0 Å². The van der Waals surface area contributed by atoms with Crippen LogP contribution in [0.1, 0.15) is 32.6 Å². The zero-order valence-corrected chi connectivity index (χ0v) is 12.7. The van der Waals surface area contributed by atoms with Gasteiger partial charge in [-0.05, 0) is 19.8 Å². The van der Waals surface area contributed by atoms with Crippen LogP contribution in [-0.4, -0.2) is 66.6 Å². The Balaban J connectivity index is 2.03. The molecule has 0 saturated carbocycles. The molecule has 0 radical (unpaired) electrons. The van der Waals surface area contributed by atoms with E-state index in [-0.39, 0.29) is 11.6 Å². The first-order chi connectivity index (χ1) is 9.91. The quantitative estimate of drug-likeness (QED) is 0.806. The van der Waals surface area contributed by atoms with Gasteiger partial charge < -0.3 is 24.8 Å². The minimum Gasteiger partial charge on any atom is -0.480 e. The number of urea groups is 1. The number of nitrogens with one attached hydrogen (secondary N) is 1. The van der Waals surface area contributed by atoms with E-state index in [0.29, 0.717) is 39.1 Å². The maximum absolute atomic E-state index is 12.4. The minimum atomic E-state index is -1.21. The predicted molar refractivity (Wildman–Crippen MR) is 75.2 cm³/mol. The summed E-state index contributed by atoms with van der Waals surface area (Å²) in [6.45, 7) is 3.76. The van der Waals surface area contributed by atoms with Crippen LogP contribution in [0.4, 0.5) is 4.79 Å². The van der Waals surface area contributed by atoms with Crippen molar-refractivity contribution in [1.82, 2.24) is 10.2 Å². The first-order valence-corrected chi connectivity index (χ1v) is 7.34. The zero-order valence-electron chi connectivity index (χ0n) is 12.7. The fourth-order valence-electron chi connectivity index (χ4n) is 2.94. The SMILES string of the molecule is COC1(C)CCCN(C(=O)NC2(C(=O)O)CCOCC2)C1. The lowest BCUT2D eigenvalue weighted by molar-refractivity contribution is -0.148. The van der Waals surface area contributed by atoms with Crippen molar-refractivity contribution in [2.45, 2.75) is 43.7 Å². The number of likely N-dealkylation sites (tertiary alicyclic amines) is 1. The van der Waals surface area contributed by atoms with E-state index >= 15 is 0 Å². The number of nitrogens with zero attached hydrogens (tertiary/aromatic N) is 1. The Morgan fingerprint density at radius 3 is 2.52 bits per heavy atom. The minimum absolute atomic E-state index is 0.295. The summed E-state index contributed by atoms with van der Waals surface area (Å²) in [5.41, 5.74) is -1.57. The molecule has 2 heterocycles. The molecule has 2 N–H and O–H groups in total. The molecule has 0 bridgehead atoms. The molecule has 120 valence electrons. The smallest absolute Gasteiger partial charge is 0.329 e. The molecule has 2 amide bonds. The summed E-state index contributed by atoms with van der Waals surface area (Å²) in [6, 6.07) is -0.331. The Bertz CT molecular complexity index is 408. The van der Waals surface area contributed by atoms with E-state index in [1.54, 1.807) is 12.0 Å². The maximum atomic E-state index is 12.4. The number of rotatable bonds is 3. The van der Waals surface area contributed by atoms with Crippen molar-refractivity contribution in [2.24, 2.45) is 0 Å². The molecule has 0 aromatic carbocycles. The van der Waals surface area contributed by atoms with Gasteiger partial charge in [0.15, 0.2) is 0 Å². The molecule has 0 aliphatic carbocycles. The molecule has 7 nitrogen and oxygen atoms in total. The molecule has 1 atom stereocenters. The van der Waals surface area contributed by atoms with E-state index in [9.17, 15) is 14.7 Å². The van der Waals surface area contributed by atoms with Crippen LogP contribution >= 0.6 is 0 Å². The summed E-state index contributed by atoms with van der Waals surface area (Å²) >= 11 is 0. The molecule has 2 fully saturated rings. The van der Waals surface area contributed by atoms with E-state index < -0.39 is 11.5 Å². The highest BCUT2D eigenvalue weighted by atomic mass is 16.5. The van der Waals surface area contributed by atoms with Crippen LogP contribution in [0.5, 0.6) is 0 Å². The van der Waals surface area contributed by atoms with Crippen molar-refractivity contribution in [1.29, 1.82) is 0 Å². The molecule has 2 aliphatic rings. The Kier molecular flexibility index (Phi) is 4.73. The van der Waals surface area contributed by atoms with E-state index in [1.807, 2.05) is 6.92 Å². The number of carbonyl (C=O) groups is 2. The summed E-state index contributed by atoms with van der Waals surface area (Å²) in [7, 11) is 1.64. The maximum Gasteiger partial charge on any atom is 0.329 e. The highest BCUT2D eigenvalue weighted by Crippen LogP contribution is 2.26. The van der Waals surface area contributed by atoms with E-state index in [2.05, 4.69) is 5.32 Å². The van der Waals surface area contributed by atoms with E-state index in [1.165, 1.54) is 0 Å². The summed E-state index contributed by atoms with van der Waals surface area (Å²) in [5.74, 6) is -0.995. The third-order valence-corrected chi connectivity index (χ3v) is 4.54. The fraction of sp³-hybridized carbons (Fsp3) is 0.857. The Morgan fingerprint density at radius 1 is 1.29 bits per heavy atom. The molecule has 1 unspecified atom stereocenters. The molecule has 0 spiro atoms. The number of ether oxygens (including phenoxy) is 2. The molecular formula is C14H24N2O5. The van der Waals surface area contributed by atoms with Gasteiger partial charge in [0.05, 0.1) is 12.1 Å². The first-order valence-electron chi connectivity index (χ1n) is 7.34. The predicted octanol–water partition coefficient (Wildman–Crippen LogP) is 0.831. The number of hydrogen-bond donors (Lipinski definition) is 2. The number of carboxylic acids is 1. The van der Waals surface area contributed by atoms with Crippen LogP contribution < -0.4 is 5.32 Å². The highest BCUT2D eigenvalue weighted by Gasteiger charge is 2.43. The normalized spacial score (nSPS) is 29.0. The second-order valence-corrected chi connectivity index (χ2v) is 6.11. The first kappa shape index (κ1) is 16.0. The van der Waals surface area contributed by atoms with Crippen molar-refractivity contribution in [3.63, 3.8) is 0 Å². The molecule has 2 rings (SSSR count). The third kappa shape index (κ3) is 3.47. The molecule has 21 heavy (non-hydrogen) atoms. The standard InChI is InChI=1S/C14H24N2O5/c1-13(20-2)4-3-7-16(10-13)12(19)15-14(11(17)18)5-8-21-9-6-14/h3-10H2,1-2H3,(H,15,19)(H,17,18). The zero-order chi connectivity index (χ0) is 15.5. The van der Waals surface area contributed by atoms with Gasteiger partial charge in [-0.3, -0.25) is 0 Å². The Hall–Kier alpha value is -1.34. The number of carbonyl (C=O) groups excluding carboxylic acids is 1. The van der Waals surface area contributed by atoms with Crippen LogP contribution in [0.2, 0.25) is 0 Å². The van der Waals surface area contributed by atoms with E-state index in [4.69, 9.17) is 9.47 Å². The number of amides is 2. The van der Waals surface area contributed by atoms with Crippen molar-refractivity contribution in [2.75, 3.05) is 33.4 Å². The number of methoxy groups -OCH3 is 1. The number of aliphatic carboxylic acids is 1. The Labute approximate surface area is 124 Å². The lowest BCUT2D eigenvalue weighted by atomic mass is 9.90. The lowest BCUT2D eigenvalue weighted by Crippen LogP contribution is -2.62. The molecular weight excluding hydrogens is 276 g/mol. The van der Waals surface area contributed by atoms with Crippen molar-refractivity contribution >= 4 is 12.0 Å². The third-order valence-electron chi connectivity index (χ3n) is 4.54. The Morgan fingerprint density at radius 2 is 1.95 bits per heavy atom. The van der Waals surface area contributed by atoms with Gasteiger partial charge in [-0.2, -0.15) is 0 Å². The van der Waals surface area contributed by atoms with Gasteiger partial charge in [0, 0.05) is 39.7 Å². The molecule has 0 aromatic rings. The van der Waals surface area contributed by atoms with Crippen LogP contribution in [0.15, 0.2) is 0 Å². The number of piperidine rings is 1. The van der Waals surface area contributed by atoms with Crippen LogP contribution in [-0.2, 0) is 14.3 Å². The second kappa shape index (κ2) is 6.19. The summed E-state index contributed by atoms with van der Waals surface area (Å²) in [5, 5.41) is 12.2.